The number of aromatic nitrogens is 2. The highest BCUT2D eigenvalue weighted by molar-refractivity contribution is 5.38. The van der Waals surface area contributed by atoms with Crippen molar-refractivity contribution in [3.63, 3.8) is 0 Å². The van der Waals surface area contributed by atoms with E-state index in [1.165, 1.54) is 0 Å². The van der Waals surface area contributed by atoms with Crippen LogP contribution in [0.4, 0.5) is 5.69 Å². The first-order valence-corrected chi connectivity index (χ1v) is 5.12. The number of anilines is 1. The van der Waals surface area contributed by atoms with Gasteiger partial charge in [0.2, 0.25) is 0 Å². The Hall–Kier alpha value is -1.16. The Kier molecular flexibility index (Phi) is 2.93. The van der Waals surface area contributed by atoms with E-state index >= 15 is 0 Å². The third-order valence-electron chi connectivity index (χ3n) is 2.70. The zero-order valence-corrected chi connectivity index (χ0v) is 8.19. The molecule has 1 aliphatic carbocycles. The fourth-order valence-electron chi connectivity index (χ4n) is 1.87. The highest BCUT2D eigenvalue weighted by Gasteiger charge is 2.17. The van der Waals surface area contributed by atoms with Gasteiger partial charge in [-0.05, 0) is 25.7 Å². The van der Waals surface area contributed by atoms with Crippen LogP contribution in [0.1, 0.15) is 25.7 Å². The lowest BCUT2D eigenvalue weighted by molar-refractivity contribution is 0.411. The summed E-state index contributed by atoms with van der Waals surface area (Å²) in [7, 11) is 0. The van der Waals surface area contributed by atoms with Crippen LogP contribution in [0.5, 0.6) is 0 Å². The maximum atomic E-state index is 5.84. The number of hydrogen-bond donors (Lipinski definition) is 2. The molecule has 76 valence electrons. The average molecular weight is 192 g/mol. The number of nitrogens with one attached hydrogen (secondary N) is 1. The zero-order chi connectivity index (χ0) is 9.80. The summed E-state index contributed by atoms with van der Waals surface area (Å²) in [4.78, 5) is 7.93. The average Bonchev–Trinajstić information content (AvgIpc) is 2.23. The predicted molar refractivity (Wildman–Crippen MR) is 55.9 cm³/mol. The molecule has 0 bridgehead atoms. The van der Waals surface area contributed by atoms with E-state index < -0.39 is 0 Å². The van der Waals surface area contributed by atoms with E-state index in [0.717, 1.165) is 31.4 Å². The van der Waals surface area contributed by atoms with Crippen LogP contribution in [-0.4, -0.2) is 22.1 Å². The summed E-state index contributed by atoms with van der Waals surface area (Å²) in [6, 6.07) is 0.945. The Balaban J connectivity index is 1.87. The maximum Gasteiger partial charge on any atom is 0.115 e. The van der Waals surface area contributed by atoms with E-state index in [1.54, 1.807) is 6.33 Å². The fraction of sp³-hybridized carbons (Fsp3) is 0.600. The van der Waals surface area contributed by atoms with Gasteiger partial charge < -0.3 is 11.1 Å². The molecule has 1 fully saturated rings. The predicted octanol–water partition coefficient (Wildman–Crippen LogP) is 1.16. The topological polar surface area (TPSA) is 63.8 Å². The monoisotopic (exact) mass is 192 g/mol. The molecule has 4 heteroatoms. The molecule has 1 aliphatic rings. The Morgan fingerprint density at radius 2 is 1.79 bits per heavy atom. The van der Waals surface area contributed by atoms with Crippen LogP contribution in [0, 0.1) is 0 Å². The largest absolute Gasteiger partial charge is 0.380 e. The maximum absolute atomic E-state index is 5.84. The van der Waals surface area contributed by atoms with Crippen molar-refractivity contribution in [2.75, 3.05) is 5.32 Å². The third-order valence-corrected chi connectivity index (χ3v) is 2.70. The van der Waals surface area contributed by atoms with Crippen LogP contribution in [0.25, 0.3) is 0 Å². The third kappa shape index (κ3) is 2.42. The molecule has 4 nitrogen and oxygen atoms in total. The molecule has 0 unspecified atom stereocenters. The lowest BCUT2D eigenvalue weighted by Gasteiger charge is -2.27. The first kappa shape index (κ1) is 9.40. The van der Waals surface area contributed by atoms with E-state index in [1.807, 2.05) is 12.4 Å². The van der Waals surface area contributed by atoms with E-state index in [4.69, 9.17) is 5.73 Å². The standard InChI is InChI=1S/C10H16N4/c11-8-1-3-9(4-2-8)14-10-5-12-7-13-6-10/h5-9,14H,1-4,11H2. The van der Waals surface area contributed by atoms with Gasteiger partial charge in [-0.15, -0.1) is 0 Å². The summed E-state index contributed by atoms with van der Waals surface area (Å²) in [5.41, 5.74) is 6.85. The quantitative estimate of drug-likeness (QED) is 0.738. The summed E-state index contributed by atoms with van der Waals surface area (Å²) in [6.07, 6.45) is 9.69. The number of rotatable bonds is 2. The summed E-state index contributed by atoms with van der Waals surface area (Å²) in [5.74, 6) is 0. The van der Waals surface area contributed by atoms with Crippen LogP contribution in [-0.2, 0) is 0 Å². The van der Waals surface area contributed by atoms with Gasteiger partial charge in [-0.25, -0.2) is 9.97 Å². The Morgan fingerprint density at radius 1 is 1.14 bits per heavy atom. The van der Waals surface area contributed by atoms with Crippen LogP contribution >= 0.6 is 0 Å². The van der Waals surface area contributed by atoms with Crippen LogP contribution in [0.15, 0.2) is 18.7 Å². The second kappa shape index (κ2) is 4.37. The second-order valence-corrected chi connectivity index (χ2v) is 3.88. The minimum Gasteiger partial charge on any atom is -0.380 e. The minimum atomic E-state index is 0.403. The Bertz CT molecular complexity index is 267. The van der Waals surface area contributed by atoms with Gasteiger partial charge in [-0.1, -0.05) is 0 Å². The summed E-state index contributed by atoms with van der Waals surface area (Å²) in [5, 5.41) is 3.42. The molecule has 0 radical (unpaired) electrons. The Morgan fingerprint density at radius 3 is 2.43 bits per heavy atom. The molecule has 1 aromatic rings. The lowest BCUT2D eigenvalue weighted by Crippen LogP contribution is -2.32. The van der Waals surface area contributed by atoms with E-state index in [0.29, 0.717) is 12.1 Å². The molecule has 0 spiro atoms. The van der Waals surface area contributed by atoms with E-state index in [2.05, 4.69) is 15.3 Å². The first-order valence-electron chi connectivity index (χ1n) is 5.12. The molecule has 0 aliphatic heterocycles. The van der Waals surface area contributed by atoms with Crippen molar-refractivity contribution in [2.45, 2.75) is 37.8 Å². The van der Waals surface area contributed by atoms with Crippen molar-refractivity contribution in [1.82, 2.24) is 9.97 Å². The van der Waals surface area contributed by atoms with Gasteiger partial charge in [0.15, 0.2) is 0 Å². The molecule has 1 heterocycles. The van der Waals surface area contributed by atoms with Gasteiger partial charge in [0.1, 0.15) is 6.33 Å². The highest BCUT2D eigenvalue weighted by Crippen LogP contribution is 2.20. The molecule has 1 aromatic heterocycles. The van der Waals surface area contributed by atoms with Gasteiger partial charge in [-0.2, -0.15) is 0 Å². The first-order chi connectivity index (χ1) is 6.84. The van der Waals surface area contributed by atoms with Crippen LogP contribution in [0.3, 0.4) is 0 Å². The van der Waals surface area contributed by atoms with Crippen LogP contribution in [0.2, 0.25) is 0 Å². The van der Waals surface area contributed by atoms with Crippen molar-refractivity contribution in [3.05, 3.63) is 18.7 Å². The summed E-state index contributed by atoms with van der Waals surface area (Å²) in [6.45, 7) is 0. The van der Waals surface area contributed by atoms with Gasteiger partial charge >= 0.3 is 0 Å². The van der Waals surface area contributed by atoms with Crippen LogP contribution < -0.4 is 11.1 Å². The second-order valence-electron chi connectivity index (χ2n) is 3.88. The van der Waals surface area contributed by atoms with Crippen molar-refractivity contribution in [3.8, 4) is 0 Å². The molecule has 0 atom stereocenters. The molecule has 0 aromatic carbocycles. The smallest absolute Gasteiger partial charge is 0.115 e. The number of nitrogens with two attached hydrogens (primary N) is 1. The van der Waals surface area contributed by atoms with E-state index in [9.17, 15) is 0 Å². The summed E-state index contributed by atoms with van der Waals surface area (Å²) >= 11 is 0. The minimum absolute atomic E-state index is 0.403. The van der Waals surface area contributed by atoms with Crippen molar-refractivity contribution in [2.24, 2.45) is 5.73 Å². The SMILES string of the molecule is NC1CCC(Nc2cncnc2)CC1. The van der Waals surface area contributed by atoms with Crippen molar-refractivity contribution in [1.29, 1.82) is 0 Å². The Labute approximate surface area is 83.9 Å². The van der Waals surface area contributed by atoms with Crippen molar-refractivity contribution >= 4 is 5.69 Å². The molecule has 14 heavy (non-hydrogen) atoms. The van der Waals surface area contributed by atoms with Gasteiger partial charge in [0.05, 0.1) is 18.1 Å². The van der Waals surface area contributed by atoms with Gasteiger partial charge in [0.25, 0.3) is 0 Å². The number of hydrogen-bond acceptors (Lipinski definition) is 4. The van der Waals surface area contributed by atoms with Gasteiger partial charge in [-0.3, -0.25) is 0 Å². The molecule has 3 N–H and O–H groups in total. The molecule has 1 saturated carbocycles. The molecular formula is C10H16N4. The molecule has 2 rings (SSSR count). The molecule has 0 amide bonds. The normalized spacial score (nSPS) is 27.2. The fourth-order valence-corrected chi connectivity index (χ4v) is 1.87. The van der Waals surface area contributed by atoms with E-state index in [-0.39, 0.29) is 0 Å². The number of nitrogens with zero attached hydrogens (tertiary/aromatic N) is 2. The lowest BCUT2D eigenvalue weighted by atomic mass is 9.92. The molecule has 0 saturated heterocycles. The highest BCUT2D eigenvalue weighted by atomic mass is 15.0. The zero-order valence-electron chi connectivity index (χ0n) is 8.19. The van der Waals surface area contributed by atoms with Gasteiger partial charge in [0, 0.05) is 12.1 Å². The summed E-state index contributed by atoms with van der Waals surface area (Å²) < 4.78 is 0. The molecular weight excluding hydrogens is 176 g/mol. The van der Waals surface area contributed by atoms with Crippen molar-refractivity contribution < 1.29 is 0 Å².